The maximum absolute atomic E-state index is 2.25. The van der Waals surface area contributed by atoms with E-state index in [1.165, 1.54) is 35.9 Å². The largest absolute Gasteiger partial charge is 0.323 e. The number of pyridine rings is 1. The Labute approximate surface area is 71.6 Å². The highest BCUT2D eigenvalue weighted by molar-refractivity contribution is 5.63. The third-order valence-electron chi connectivity index (χ3n) is 2.74. The van der Waals surface area contributed by atoms with Crippen molar-refractivity contribution in [1.29, 1.82) is 0 Å². The zero-order valence-electron chi connectivity index (χ0n) is 6.96. The molecule has 0 atom stereocenters. The van der Waals surface area contributed by atoms with Gasteiger partial charge in [0.05, 0.1) is 5.52 Å². The molecule has 2 heterocycles. The molecule has 1 aliphatic carbocycles. The molecule has 12 heavy (non-hydrogen) atoms. The van der Waals surface area contributed by atoms with Gasteiger partial charge in [0.25, 0.3) is 0 Å². The number of rotatable bonds is 0. The highest BCUT2D eigenvalue weighted by Crippen LogP contribution is 2.25. The summed E-state index contributed by atoms with van der Waals surface area (Å²) < 4.78 is 2.24. The lowest BCUT2D eigenvalue weighted by atomic mass is 9.97. The van der Waals surface area contributed by atoms with E-state index in [1.807, 2.05) is 0 Å². The zero-order chi connectivity index (χ0) is 7.97. The van der Waals surface area contributed by atoms with Crippen molar-refractivity contribution < 1.29 is 0 Å². The summed E-state index contributed by atoms with van der Waals surface area (Å²) in [6.45, 7) is 0. The van der Waals surface area contributed by atoms with Crippen LogP contribution >= 0.6 is 0 Å². The van der Waals surface area contributed by atoms with Crippen LogP contribution in [0.15, 0.2) is 30.6 Å². The van der Waals surface area contributed by atoms with Gasteiger partial charge >= 0.3 is 0 Å². The van der Waals surface area contributed by atoms with Crippen molar-refractivity contribution in [3.8, 4) is 0 Å². The molecule has 0 aliphatic heterocycles. The van der Waals surface area contributed by atoms with Gasteiger partial charge in [0.15, 0.2) is 0 Å². The standard InChI is InChI=1S/C11H11N/c1-3-9-5-2-7-12-8-6-10(4-1)11(9)12/h2,5-8H,1,3-4H2. The van der Waals surface area contributed by atoms with Crippen molar-refractivity contribution in [3.63, 3.8) is 0 Å². The van der Waals surface area contributed by atoms with Crippen molar-refractivity contribution in [1.82, 2.24) is 4.40 Å². The fourth-order valence-electron chi connectivity index (χ4n) is 2.19. The van der Waals surface area contributed by atoms with E-state index in [2.05, 4.69) is 35.0 Å². The first-order valence-electron chi connectivity index (χ1n) is 4.52. The molecule has 2 aromatic heterocycles. The molecular weight excluding hydrogens is 146 g/mol. The molecule has 60 valence electrons. The van der Waals surface area contributed by atoms with Gasteiger partial charge in [-0.15, -0.1) is 0 Å². The molecule has 0 saturated carbocycles. The Hall–Kier alpha value is -1.24. The average Bonchev–Trinajstić information content (AvgIpc) is 2.52. The van der Waals surface area contributed by atoms with Gasteiger partial charge in [-0.3, -0.25) is 0 Å². The van der Waals surface area contributed by atoms with Crippen molar-refractivity contribution in [2.75, 3.05) is 0 Å². The third-order valence-corrected chi connectivity index (χ3v) is 2.74. The van der Waals surface area contributed by atoms with Crippen LogP contribution in [0.25, 0.3) is 5.52 Å². The Morgan fingerprint density at radius 1 is 1.00 bits per heavy atom. The van der Waals surface area contributed by atoms with Crippen LogP contribution in [0.5, 0.6) is 0 Å². The highest BCUT2D eigenvalue weighted by atomic mass is 14.9. The maximum atomic E-state index is 2.25. The number of nitrogens with zero attached hydrogens (tertiary/aromatic N) is 1. The van der Waals surface area contributed by atoms with E-state index in [0.29, 0.717) is 0 Å². The van der Waals surface area contributed by atoms with Gasteiger partial charge in [-0.2, -0.15) is 0 Å². The normalized spacial score (nSPS) is 15.3. The predicted molar refractivity (Wildman–Crippen MR) is 49.4 cm³/mol. The van der Waals surface area contributed by atoms with Gasteiger partial charge in [0.1, 0.15) is 0 Å². The zero-order valence-corrected chi connectivity index (χ0v) is 6.96. The lowest BCUT2D eigenvalue weighted by Crippen LogP contribution is -2.00. The molecule has 2 aromatic rings. The molecule has 1 nitrogen and oxygen atoms in total. The second-order valence-electron chi connectivity index (χ2n) is 3.48. The van der Waals surface area contributed by atoms with Crippen LogP contribution in [0, 0.1) is 0 Å². The number of aromatic nitrogens is 1. The van der Waals surface area contributed by atoms with Crippen LogP contribution in [0.1, 0.15) is 17.5 Å². The first kappa shape index (κ1) is 6.30. The Morgan fingerprint density at radius 3 is 2.75 bits per heavy atom. The van der Waals surface area contributed by atoms with Gasteiger partial charge < -0.3 is 4.40 Å². The molecule has 0 bridgehead atoms. The van der Waals surface area contributed by atoms with E-state index in [1.54, 1.807) is 0 Å². The van der Waals surface area contributed by atoms with Gasteiger partial charge in [0.2, 0.25) is 0 Å². The summed E-state index contributed by atoms with van der Waals surface area (Å²) in [5, 5.41) is 0. The monoisotopic (exact) mass is 157 g/mol. The van der Waals surface area contributed by atoms with Gasteiger partial charge in [-0.1, -0.05) is 6.07 Å². The minimum atomic E-state index is 1.25. The van der Waals surface area contributed by atoms with E-state index in [0.717, 1.165) is 0 Å². The Balaban J connectivity index is 2.50. The highest BCUT2D eigenvalue weighted by Gasteiger charge is 2.11. The summed E-state index contributed by atoms with van der Waals surface area (Å²) in [5.41, 5.74) is 4.50. The topological polar surface area (TPSA) is 4.41 Å². The van der Waals surface area contributed by atoms with E-state index >= 15 is 0 Å². The SMILES string of the molecule is c1cc2c3c(ccn3c1)CCC2. The first-order chi connectivity index (χ1) is 5.95. The Kier molecular flexibility index (Phi) is 1.12. The second kappa shape index (κ2) is 2.13. The molecule has 1 heteroatoms. The molecule has 0 spiro atoms. The third kappa shape index (κ3) is 0.685. The van der Waals surface area contributed by atoms with E-state index in [4.69, 9.17) is 0 Å². The second-order valence-corrected chi connectivity index (χ2v) is 3.48. The quantitative estimate of drug-likeness (QED) is 0.553. The van der Waals surface area contributed by atoms with Crippen LogP contribution in [0.3, 0.4) is 0 Å². The van der Waals surface area contributed by atoms with Crippen LogP contribution in [0.4, 0.5) is 0 Å². The molecule has 3 rings (SSSR count). The van der Waals surface area contributed by atoms with Crippen LogP contribution in [0.2, 0.25) is 0 Å². The molecule has 0 fully saturated rings. The molecule has 0 amide bonds. The van der Waals surface area contributed by atoms with E-state index < -0.39 is 0 Å². The summed E-state index contributed by atoms with van der Waals surface area (Å²) in [6, 6.07) is 6.63. The molecule has 0 aromatic carbocycles. The fourth-order valence-corrected chi connectivity index (χ4v) is 2.19. The minimum Gasteiger partial charge on any atom is -0.323 e. The molecule has 0 unspecified atom stereocenters. The van der Waals surface area contributed by atoms with Crippen molar-refractivity contribution in [3.05, 3.63) is 41.7 Å². The minimum absolute atomic E-state index is 1.25. The van der Waals surface area contributed by atoms with Gasteiger partial charge in [-0.25, -0.2) is 0 Å². The van der Waals surface area contributed by atoms with Crippen LogP contribution in [-0.4, -0.2) is 4.40 Å². The number of aryl methyl sites for hydroxylation is 2. The molecular formula is C11H11N. The van der Waals surface area contributed by atoms with E-state index in [9.17, 15) is 0 Å². The number of hydrogen-bond donors (Lipinski definition) is 0. The predicted octanol–water partition coefficient (Wildman–Crippen LogP) is 2.43. The molecule has 0 radical (unpaired) electrons. The average molecular weight is 157 g/mol. The lowest BCUT2D eigenvalue weighted by Gasteiger charge is -2.12. The van der Waals surface area contributed by atoms with Crippen molar-refractivity contribution in [2.24, 2.45) is 0 Å². The summed E-state index contributed by atoms with van der Waals surface area (Å²) >= 11 is 0. The molecule has 0 N–H and O–H groups in total. The van der Waals surface area contributed by atoms with Crippen molar-refractivity contribution >= 4 is 5.52 Å². The lowest BCUT2D eigenvalue weighted by molar-refractivity contribution is 0.802. The summed E-state index contributed by atoms with van der Waals surface area (Å²) in [5.74, 6) is 0. The smallest absolute Gasteiger partial charge is 0.0513 e. The van der Waals surface area contributed by atoms with Crippen LogP contribution < -0.4 is 0 Å². The molecule has 0 saturated heterocycles. The van der Waals surface area contributed by atoms with E-state index in [-0.39, 0.29) is 0 Å². The van der Waals surface area contributed by atoms with Gasteiger partial charge in [0, 0.05) is 12.4 Å². The number of hydrogen-bond acceptors (Lipinski definition) is 0. The summed E-state index contributed by atoms with van der Waals surface area (Å²) in [4.78, 5) is 0. The Bertz CT molecular complexity index is 425. The first-order valence-corrected chi connectivity index (χ1v) is 4.52. The molecule has 1 aliphatic rings. The maximum Gasteiger partial charge on any atom is 0.0513 e. The summed E-state index contributed by atoms with van der Waals surface area (Å²) in [7, 11) is 0. The van der Waals surface area contributed by atoms with Crippen LogP contribution in [-0.2, 0) is 12.8 Å². The fraction of sp³-hybridized carbons (Fsp3) is 0.273. The summed E-state index contributed by atoms with van der Waals surface area (Å²) in [6.07, 6.45) is 8.12. The van der Waals surface area contributed by atoms with Gasteiger partial charge in [-0.05, 0) is 42.5 Å². The Morgan fingerprint density at radius 2 is 1.83 bits per heavy atom. The van der Waals surface area contributed by atoms with Crippen molar-refractivity contribution in [2.45, 2.75) is 19.3 Å².